The number of nitrogens with zero attached hydrogens (tertiary/aromatic N) is 4. The van der Waals surface area contributed by atoms with Gasteiger partial charge < -0.3 is 9.88 Å². The summed E-state index contributed by atoms with van der Waals surface area (Å²) < 4.78 is 29.1. The first-order valence-electron chi connectivity index (χ1n) is 10.4. The van der Waals surface area contributed by atoms with Gasteiger partial charge in [-0.15, -0.1) is 0 Å². The number of carbonyl (C=O) groups is 1. The number of benzene rings is 1. The Balaban J connectivity index is 1.24. The SMILES string of the molecule is Cc1nc(NC(=O)C(C)C2[C@H]3CC(n4cnc5cc(F)c(F)cc54)C[C@@H]23)ccc1C#N. The summed E-state index contributed by atoms with van der Waals surface area (Å²) in [6, 6.07) is 7.89. The van der Waals surface area contributed by atoms with Crippen LogP contribution in [-0.4, -0.2) is 20.4 Å². The number of hydrogen-bond donors (Lipinski definition) is 1. The normalized spacial score (nSPS) is 25.1. The quantitative estimate of drug-likeness (QED) is 0.678. The number of nitriles is 1. The zero-order valence-electron chi connectivity index (χ0n) is 17.1. The minimum Gasteiger partial charge on any atom is -0.327 e. The number of carbonyl (C=O) groups excluding carboxylic acids is 1. The van der Waals surface area contributed by atoms with Crippen LogP contribution in [0.15, 0.2) is 30.6 Å². The number of pyridine rings is 1. The number of aryl methyl sites for hydroxylation is 1. The van der Waals surface area contributed by atoms with E-state index < -0.39 is 11.6 Å². The van der Waals surface area contributed by atoms with E-state index in [0.717, 1.165) is 18.9 Å². The molecule has 2 aliphatic carbocycles. The number of anilines is 1. The van der Waals surface area contributed by atoms with Gasteiger partial charge in [0, 0.05) is 24.1 Å². The van der Waals surface area contributed by atoms with Crippen molar-refractivity contribution in [3.05, 3.63) is 53.5 Å². The average Bonchev–Trinajstić information content (AvgIpc) is 3.05. The third kappa shape index (κ3) is 3.25. The molecule has 2 aromatic heterocycles. The summed E-state index contributed by atoms with van der Waals surface area (Å²) in [6.07, 6.45) is 3.44. The lowest BCUT2D eigenvalue weighted by molar-refractivity contribution is -0.120. The molecule has 0 bridgehead atoms. The molecule has 0 spiro atoms. The topological polar surface area (TPSA) is 83.6 Å². The largest absolute Gasteiger partial charge is 0.327 e. The zero-order chi connectivity index (χ0) is 21.9. The van der Waals surface area contributed by atoms with Gasteiger partial charge in [0.1, 0.15) is 11.9 Å². The fourth-order valence-electron chi connectivity index (χ4n) is 5.31. The molecular weight excluding hydrogens is 400 g/mol. The summed E-state index contributed by atoms with van der Waals surface area (Å²) in [4.78, 5) is 21.2. The van der Waals surface area contributed by atoms with Crippen molar-refractivity contribution < 1.29 is 13.6 Å². The van der Waals surface area contributed by atoms with Gasteiger partial charge in [-0.2, -0.15) is 5.26 Å². The lowest BCUT2D eigenvalue weighted by Crippen LogP contribution is -2.25. The predicted molar refractivity (Wildman–Crippen MR) is 110 cm³/mol. The number of nitrogens with one attached hydrogen (secondary N) is 1. The highest BCUT2D eigenvalue weighted by Gasteiger charge is 2.59. The summed E-state index contributed by atoms with van der Waals surface area (Å²) in [5.74, 6) is -0.353. The molecule has 1 aromatic carbocycles. The summed E-state index contributed by atoms with van der Waals surface area (Å²) in [7, 11) is 0. The second kappa shape index (κ2) is 7.12. The fourth-order valence-corrected chi connectivity index (χ4v) is 5.31. The van der Waals surface area contributed by atoms with Crippen molar-refractivity contribution in [1.29, 1.82) is 5.26 Å². The summed E-state index contributed by atoms with van der Waals surface area (Å²) in [6.45, 7) is 3.68. The molecule has 0 saturated heterocycles. The molecule has 2 saturated carbocycles. The zero-order valence-corrected chi connectivity index (χ0v) is 17.1. The van der Waals surface area contributed by atoms with Gasteiger partial charge >= 0.3 is 0 Å². The van der Waals surface area contributed by atoms with Gasteiger partial charge in [-0.25, -0.2) is 18.7 Å². The van der Waals surface area contributed by atoms with E-state index in [1.54, 1.807) is 25.4 Å². The molecular formula is C23H21F2N5O. The van der Waals surface area contributed by atoms with Crippen molar-refractivity contribution >= 4 is 22.8 Å². The Labute approximate surface area is 177 Å². The molecule has 6 nitrogen and oxygen atoms in total. The van der Waals surface area contributed by atoms with Crippen LogP contribution >= 0.6 is 0 Å². The van der Waals surface area contributed by atoms with Gasteiger partial charge in [0.25, 0.3) is 0 Å². The highest BCUT2D eigenvalue weighted by atomic mass is 19.2. The van der Waals surface area contributed by atoms with Crippen molar-refractivity contribution in [2.45, 2.75) is 32.7 Å². The molecule has 2 heterocycles. The first-order chi connectivity index (χ1) is 14.9. The molecule has 3 aromatic rings. The molecule has 0 radical (unpaired) electrons. The third-order valence-electron chi connectivity index (χ3n) is 6.95. The number of fused-ring (bicyclic) bond motifs is 2. The van der Waals surface area contributed by atoms with Crippen molar-refractivity contribution in [3.63, 3.8) is 0 Å². The Morgan fingerprint density at radius 1 is 1.26 bits per heavy atom. The summed E-state index contributed by atoms with van der Waals surface area (Å²) in [5.41, 5.74) is 2.13. The average molecular weight is 421 g/mol. The molecule has 31 heavy (non-hydrogen) atoms. The van der Waals surface area contributed by atoms with Gasteiger partial charge in [0.2, 0.25) is 5.91 Å². The second-order valence-electron chi connectivity index (χ2n) is 8.66. The molecule has 3 unspecified atom stereocenters. The van der Waals surface area contributed by atoms with E-state index in [9.17, 15) is 13.6 Å². The molecule has 5 rings (SSSR count). The second-order valence-corrected chi connectivity index (χ2v) is 8.66. The smallest absolute Gasteiger partial charge is 0.228 e. The predicted octanol–water partition coefficient (Wildman–Crippen LogP) is 4.36. The van der Waals surface area contributed by atoms with Crippen LogP contribution in [0, 0.1) is 53.6 Å². The first-order valence-corrected chi connectivity index (χ1v) is 10.4. The van der Waals surface area contributed by atoms with E-state index in [-0.39, 0.29) is 17.9 Å². The third-order valence-corrected chi connectivity index (χ3v) is 6.95. The maximum Gasteiger partial charge on any atom is 0.228 e. The Morgan fingerprint density at radius 3 is 2.65 bits per heavy atom. The molecule has 5 atom stereocenters. The van der Waals surface area contributed by atoms with E-state index >= 15 is 0 Å². The van der Waals surface area contributed by atoms with Crippen LogP contribution < -0.4 is 5.32 Å². The summed E-state index contributed by atoms with van der Waals surface area (Å²) in [5, 5.41) is 11.9. The number of aromatic nitrogens is 3. The number of imidazole rings is 1. The summed E-state index contributed by atoms with van der Waals surface area (Å²) >= 11 is 0. The van der Waals surface area contributed by atoms with Gasteiger partial charge in [-0.3, -0.25) is 4.79 Å². The lowest BCUT2D eigenvalue weighted by Gasteiger charge is -2.19. The first kappa shape index (κ1) is 19.6. The maximum absolute atomic E-state index is 13.7. The number of halogens is 2. The van der Waals surface area contributed by atoms with Crippen LogP contribution in [0.2, 0.25) is 0 Å². The standard InChI is InChI=1S/C23H21F2N5O/c1-11(23(31)29-21-4-3-13(9-26)12(2)28-21)22-15-5-14(6-16(15)22)30-10-27-19-7-17(24)18(25)8-20(19)30/h3-4,7-8,10-11,14-16,22H,5-6H2,1-2H3,(H,28,29,31)/t11?,14?,15-,16+,22?. The van der Waals surface area contributed by atoms with Crippen LogP contribution in [0.1, 0.15) is 37.1 Å². The van der Waals surface area contributed by atoms with Crippen LogP contribution in [0.4, 0.5) is 14.6 Å². The van der Waals surface area contributed by atoms with Crippen LogP contribution in [0.3, 0.4) is 0 Å². The van der Waals surface area contributed by atoms with E-state index in [0.29, 0.717) is 45.9 Å². The number of amides is 1. The number of rotatable bonds is 4. The van der Waals surface area contributed by atoms with Crippen LogP contribution in [-0.2, 0) is 4.79 Å². The minimum absolute atomic E-state index is 0.0711. The highest BCUT2D eigenvalue weighted by molar-refractivity contribution is 5.92. The Kier molecular flexibility index (Phi) is 4.50. The van der Waals surface area contributed by atoms with E-state index in [1.165, 1.54) is 6.07 Å². The van der Waals surface area contributed by atoms with Crippen molar-refractivity contribution in [3.8, 4) is 6.07 Å². The maximum atomic E-state index is 13.7. The van der Waals surface area contributed by atoms with Gasteiger partial charge in [0.05, 0.1) is 28.6 Å². The van der Waals surface area contributed by atoms with Gasteiger partial charge in [0.15, 0.2) is 11.6 Å². The Hall–Kier alpha value is -3.34. The minimum atomic E-state index is -0.890. The van der Waals surface area contributed by atoms with Crippen molar-refractivity contribution in [1.82, 2.24) is 14.5 Å². The van der Waals surface area contributed by atoms with E-state index in [1.807, 2.05) is 11.5 Å². The molecule has 2 aliphatic rings. The molecule has 158 valence electrons. The number of hydrogen-bond acceptors (Lipinski definition) is 4. The molecule has 1 N–H and O–H groups in total. The molecule has 8 heteroatoms. The fraction of sp³-hybridized carbons (Fsp3) is 0.391. The van der Waals surface area contributed by atoms with Crippen LogP contribution in [0.25, 0.3) is 11.0 Å². The van der Waals surface area contributed by atoms with Crippen LogP contribution in [0.5, 0.6) is 0 Å². The van der Waals surface area contributed by atoms with Gasteiger partial charge in [-0.1, -0.05) is 6.92 Å². The monoisotopic (exact) mass is 421 g/mol. The highest BCUT2D eigenvalue weighted by Crippen LogP contribution is 2.64. The molecule has 2 fully saturated rings. The molecule has 0 aliphatic heterocycles. The Bertz CT molecular complexity index is 1230. The van der Waals surface area contributed by atoms with Crippen molar-refractivity contribution in [2.24, 2.45) is 23.7 Å². The van der Waals surface area contributed by atoms with E-state index in [2.05, 4.69) is 21.4 Å². The lowest BCUT2D eigenvalue weighted by atomic mass is 9.96. The van der Waals surface area contributed by atoms with Gasteiger partial charge in [-0.05, 0) is 49.7 Å². The molecule has 1 amide bonds. The van der Waals surface area contributed by atoms with Crippen molar-refractivity contribution in [2.75, 3.05) is 5.32 Å². The van der Waals surface area contributed by atoms with E-state index in [4.69, 9.17) is 5.26 Å². The Morgan fingerprint density at radius 2 is 1.97 bits per heavy atom.